The zero-order valence-corrected chi connectivity index (χ0v) is 14.6. The maximum atomic E-state index is 10.0. The first-order chi connectivity index (χ1) is 11.1. The predicted octanol–water partition coefficient (Wildman–Crippen LogP) is 0.312. The zero-order valence-electron chi connectivity index (χ0n) is 14.6. The molecular weight excluding hydrogens is 318 g/mol. The van der Waals surface area contributed by atoms with E-state index in [0.717, 1.165) is 6.42 Å². The second-order valence-corrected chi connectivity index (χ2v) is 5.39. The van der Waals surface area contributed by atoms with Crippen LogP contribution in [0.25, 0.3) is 0 Å². The molecule has 0 aromatic heterocycles. The van der Waals surface area contributed by atoms with Crippen LogP contribution in [0.1, 0.15) is 46.0 Å². The lowest BCUT2D eigenvalue weighted by Gasteiger charge is -2.00. The Hall–Kier alpha value is -1.71. The van der Waals surface area contributed by atoms with Crippen LogP contribution in [0, 0.1) is 11.8 Å². The van der Waals surface area contributed by atoms with Crippen LogP contribution in [0.15, 0.2) is 0 Å². The number of hydrogen-bond acceptors (Lipinski definition) is 6. The van der Waals surface area contributed by atoms with E-state index in [1.165, 1.54) is 0 Å². The summed E-state index contributed by atoms with van der Waals surface area (Å²) in [5, 5.41) is 24.5. The van der Waals surface area contributed by atoms with E-state index in [4.69, 9.17) is 32.5 Å². The number of rotatable bonds is 10. The van der Waals surface area contributed by atoms with Crippen molar-refractivity contribution in [1.29, 1.82) is 0 Å². The molecule has 0 radical (unpaired) electrons. The summed E-state index contributed by atoms with van der Waals surface area (Å²) in [6, 6.07) is 0. The lowest BCUT2D eigenvalue weighted by molar-refractivity contribution is -0.141. The smallest absolute Gasteiger partial charge is 0.306 e. The van der Waals surface area contributed by atoms with Gasteiger partial charge in [-0.25, -0.2) is 0 Å². The molecule has 0 rings (SSSR count). The maximum Gasteiger partial charge on any atom is 0.306 e. The molecule has 9 nitrogen and oxygen atoms in total. The van der Waals surface area contributed by atoms with Gasteiger partial charge >= 0.3 is 17.9 Å². The van der Waals surface area contributed by atoms with Gasteiger partial charge in [-0.05, 0) is 44.8 Å². The molecule has 144 valence electrons. The molecular formula is C15H33N3O6. The van der Waals surface area contributed by atoms with Crippen molar-refractivity contribution in [2.75, 3.05) is 19.6 Å². The van der Waals surface area contributed by atoms with Crippen molar-refractivity contribution in [2.45, 2.75) is 46.0 Å². The maximum absolute atomic E-state index is 10.0. The summed E-state index contributed by atoms with van der Waals surface area (Å²) in [5.41, 5.74) is 15.4. The standard InChI is InChI=1S/3C5H11NO2/c1-4(3-6)2-5(7)8;1-4(2-3-6)5(7)8;6-4-2-1-3-5(7)8/h2*4H,2-3,6H2,1H3,(H,7,8);1-4,6H2,(H,7,8). The van der Waals surface area contributed by atoms with Crippen LogP contribution in [0.2, 0.25) is 0 Å². The number of carboxylic acids is 3. The van der Waals surface area contributed by atoms with E-state index in [1.807, 2.05) is 6.92 Å². The van der Waals surface area contributed by atoms with Gasteiger partial charge < -0.3 is 32.5 Å². The molecule has 0 aromatic carbocycles. The molecule has 0 aromatic rings. The lowest BCUT2D eigenvalue weighted by atomic mass is 10.1. The summed E-state index contributed by atoms with van der Waals surface area (Å²) in [5.74, 6) is -2.47. The highest BCUT2D eigenvalue weighted by Gasteiger charge is 2.07. The van der Waals surface area contributed by atoms with Crippen LogP contribution < -0.4 is 17.2 Å². The van der Waals surface area contributed by atoms with Crippen molar-refractivity contribution in [3.8, 4) is 0 Å². The Bertz CT molecular complexity index is 339. The van der Waals surface area contributed by atoms with Gasteiger partial charge in [0.2, 0.25) is 0 Å². The molecule has 0 bridgehead atoms. The molecule has 0 aliphatic heterocycles. The highest BCUT2D eigenvalue weighted by Crippen LogP contribution is 1.97. The molecule has 2 atom stereocenters. The summed E-state index contributed by atoms with van der Waals surface area (Å²) in [6.45, 7) is 4.95. The Balaban J connectivity index is -0.000000276. The van der Waals surface area contributed by atoms with Gasteiger partial charge in [-0.2, -0.15) is 0 Å². The van der Waals surface area contributed by atoms with Crippen molar-refractivity contribution in [3.05, 3.63) is 0 Å². The molecule has 0 aliphatic rings. The monoisotopic (exact) mass is 351 g/mol. The summed E-state index contributed by atoms with van der Waals surface area (Å²) in [7, 11) is 0. The van der Waals surface area contributed by atoms with Crippen LogP contribution in [-0.4, -0.2) is 52.9 Å². The normalized spacial score (nSPS) is 11.9. The fraction of sp³-hybridized carbons (Fsp3) is 0.800. The number of carboxylic acid groups (broad SMARTS) is 3. The van der Waals surface area contributed by atoms with Gasteiger partial charge in [0, 0.05) is 12.8 Å². The first-order valence-electron chi connectivity index (χ1n) is 7.88. The van der Waals surface area contributed by atoms with Gasteiger partial charge in [-0.3, -0.25) is 14.4 Å². The third-order valence-corrected chi connectivity index (χ3v) is 2.79. The van der Waals surface area contributed by atoms with Crippen molar-refractivity contribution >= 4 is 17.9 Å². The fourth-order valence-corrected chi connectivity index (χ4v) is 1.18. The van der Waals surface area contributed by atoms with Gasteiger partial charge in [0.25, 0.3) is 0 Å². The van der Waals surface area contributed by atoms with E-state index in [9.17, 15) is 14.4 Å². The van der Waals surface area contributed by atoms with Gasteiger partial charge in [-0.1, -0.05) is 13.8 Å². The highest BCUT2D eigenvalue weighted by atomic mass is 16.4. The lowest BCUT2D eigenvalue weighted by Crippen LogP contribution is -2.14. The molecule has 0 aliphatic carbocycles. The van der Waals surface area contributed by atoms with E-state index in [-0.39, 0.29) is 24.7 Å². The Labute approximate surface area is 143 Å². The number of nitrogens with two attached hydrogens (primary N) is 3. The second kappa shape index (κ2) is 19.3. The molecule has 0 spiro atoms. The quantitative estimate of drug-likeness (QED) is 0.301. The number of hydrogen-bond donors (Lipinski definition) is 6. The van der Waals surface area contributed by atoms with Crippen molar-refractivity contribution < 1.29 is 29.7 Å². The Morgan fingerprint density at radius 3 is 1.62 bits per heavy atom. The van der Waals surface area contributed by atoms with E-state index >= 15 is 0 Å². The highest BCUT2D eigenvalue weighted by molar-refractivity contribution is 5.69. The van der Waals surface area contributed by atoms with E-state index in [0.29, 0.717) is 32.5 Å². The molecule has 9 N–H and O–H groups in total. The van der Waals surface area contributed by atoms with E-state index in [2.05, 4.69) is 0 Å². The molecule has 0 saturated carbocycles. The minimum atomic E-state index is -0.775. The average Bonchev–Trinajstić information content (AvgIpc) is 2.48. The average molecular weight is 351 g/mol. The second-order valence-electron chi connectivity index (χ2n) is 5.39. The van der Waals surface area contributed by atoms with Gasteiger partial charge in [0.15, 0.2) is 0 Å². The molecule has 0 saturated heterocycles. The zero-order chi connectivity index (χ0) is 19.5. The van der Waals surface area contributed by atoms with Crippen LogP contribution in [0.3, 0.4) is 0 Å². The Kier molecular flexibility index (Phi) is 21.9. The first-order valence-corrected chi connectivity index (χ1v) is 7.88. The van der Waals surface area contributed by atoms with E-state index in [1.54, 1.807) is 6.92 Å². The third-order valence-electron chi connectivity index (χ3n) is 2.79. The summed E-state index contributed by atoms with van der Waals surface area (Å²) in [4.78, 5) is 29.8. The Morgan fingerprint density at radius 2 is 1.42 bits per heavy atom. The number of unbranched alkanes of at least 4 members (excludes halogenated alkanes) is 1. The number of aliphatic carboxylic acids is 3. The summed E-state index contributed by atoms with van der Waals surface area (Å²) >= 11 is 0. The van der Waals surface area contributed by atoms with Crippen LogP contribution in [-0.2, 0) is 14.4 Å². The minimum Gasteiger partial charge on any atom is -0.481 e. The van der Waals surface area contributed by atoms with Gasteiger partial charge in [-0.15, -0.1) is 0 Å². The van der Waals surface area contributed by atoms with Crippen molar-refractivity contribution in [3.63, 3.8) is 0 Å². The first kappa shape index (κ1) is 27.2. The minimum absolute atomic E-state index is 0.104. The van der Waals surface area contributed by atoms with Crippen molar-refractivity contribution in [2.24, 2.45) is 29.0 Å². The molecule has 9 heteroatoms. The van der Waals surface area contributed by atoms with Crippen LogP contribution in [0.4, 0.5) is 0 Å². The van der Waals surface area contributed by atoms with Gasteiger partial charge in [0.1, 0.15) is 0 Å². The Morgan fingerprint density at radius 1 is 0.875 bits per heavy atom. The summed E-state index contributed by atoms with van der Waals surface area (Å²) < 4.78 is 0. The van der Waals surface area contributed by atoms with Crippen molar-refractivity contribution in [1.82, 2.24) is 0 Å². The third kappa shape index (κ3) is 28.5. The summed E-state index contributed by atoms with van der Waals surface area (Å²) in [6.07, 6.45) is 2.50. The fourth-order valence-electron chi connectivity index (χ4n) is 1.18. The molecule has 24 heavy (non-hydrogen) atoms. The van der Waals surface area contributed by atoms with E-state index < -0.39 is 17.9 Å². The topological polar surface area (TPSA) is 190 Å². The largest absolute Gasteiger partial charge is 0.481 e. The predicted molar refractivity (Wildman–Crippen MR) is 91.5 cm³/mol. The van der Waals surface area contributed by atoms with Gasteiger partial charge in [0.05, 0.1) is 5.92 Å². The van der Waals surface area contributed by atoms with Crippen LogP contribution in [0.5, 0.6) is 0 Å². The molecule has 2 unspecified atom stereocenters. The van der Waals surface area contributed by atoms with Crippen LogP contribution >= 0.6 is 0 Å². The molecule has 0 amide bonds. The number of carbonyl (C=O) groups is 3. The SMILES string of the molecule is CC(CCN)C(=O)O.CC(CN)CC(=O)O.NCCCCC(=O)O. The molecule has 0 fully saturated rings. The molecule has 0 heterocycles.